The van der Waals surface area contributed by atoms with Gasteiger partial charge >= 0.3 is 0 Å². The topological polar surface area (TPSA) is 63.2 Å². The number of hydrogen-bond acceptors (Lipinski definition) is 4. The standard InChI is InChI=1S/C13H21N3O2/c1-5-18-13(2,3)9-16-12(17)10-6-7-11(14-4)15-8-10/h6-8H,5,9H2,1-4H3,(H,14,15)(H,16,17). The van der Waals surface area contributed by atoms with Gasteiger partial charge < -0.3 is 15.4 Å². The molecule has 18 heavy (non-hydrogen) atoms. The van der Waals surface area contributed by atoms with E-state index in [4.69, 9.17) is 4.74 Å². The summed E-state index contributed by atoms with van der Waals surface area (Å²) in [5, 5.41) is 5.74. The van der Waals surface area contributed by atoms with Gasteiger partial charge in [0, 0.05) is 26.4 Å². The zero-order valence-electron chi connectivity index (χ0n) is 11.4. The quantitative estimate of drug-likeness (QED) is 0.807. The lowest BCUT2D eigenvalue weighted by Gasteiger charge is -2.24. The molecule has 0 saturated carbocycles. The van der Waals surface area contributed by atoms with Gasteiger partial charge in [0.05, 0.1) is 11.2 Å². The van der Waals surface area contributed by atoms with E-state index >= 15 is 0 Å². The van der Waals surface area contributed by atoms with Crippen LogP contribution in [-0.4, -0.2) is 36.7 Å². The second-order valence-electron chi connectivity index (χ2n) is 4.56. The molecular weight excluding hydrogens is 230 g/mol. The maximum atomic E-state index is 11.9. The average molecular weight is 251 g/mol. The molecule has 100 valence electrons. The first kappa shape index (κ1) is 14.4. The van der Waals surface area contributed by atoms with Gasteiger partial charge in [0.2, 0.25) is 0 Å². The fourth-order valence-corrected chi connectivity index (χ4v) is 1.51. The Morgan fingerprint density at radius 1 is 1.44 bits per heavy atom. The van der Waals surface area contributed by atoms with Gasteiger partial charge in [-0.15, -0.1) is 0 Å². The summed E-state index contributed by atoms with van der Waals surface area (Å²) < 4.78 is 5.51. The highest BCUT2D eigenvalue weighted by atomic mass is 16.5. The molecule has 5 heteroatoms. The number of carbonyl (C=O) groups excluding carboxylic acids is 1. The van der Waals surface area contributed by atoms with Crippen molar-refractivity contribution in [2.24, 2.45) is 0 Å². The van der Waals surface area contributed by atoms with Crippen molar-refractivity contribution in [3.05, 3.63) is 23.9 Å². The lowest BCUT2D eigenvalue weighted by Crippen LogP contribution is -2.40. The summed E-state index contributed by atoms with van der Waals surface area (Å²) in [5.74, 6) is 0.596. The highest BCUT2D eigenvalue weighted by molar-refractivity contribution is 5.94. The van der Waals surface area contributed by atoms with Crippen molar-refractivity contribution in [3.8, 4) is 0 Å². The Hall–Kier alpha value is -1.62. The summed E-state index contributed by atoms with van der Waals surface area (Å²) in [6, 6.07) is 3.50. The zero-order chi connectivity index (χ0) is 13.6. The number of nitrogens with one attached hydrogen (secondary N) is 2. The molecule has 1 heterocycles. The van der Waals surface area contributed by atoms with Crippen molar-refractivity contribution < 1.29 is 9.53 Å². The Balaban J connectivity index is 2.54. The number of hydrogen-bond donors (Lipinski definition) is 2. The van der Waals surface area contributed by atoms with E-state index in [2.05, 4.69) is 15.6 Å². The maximum Gasteiger partial charge on any atom is 0.252 e. The van der Waals surface area contributed by atoms with Crippen molar-refractivity contribution in [1.82, 2.24) is 10.3 Å². The van der Waals surface area contributed by atoms with Gasteiger partial charge in [-0.05, 0) is 32.9 Å². The molecule has 0 saturated heterocycles. The van der Waals surface area contributed by atoms with Crippen molar-refractivity contribution in [1.29, 1.82) is 0 Å². The van der Waals surface area contributed by atoms with E-state index in [0.29, 0.717) is 18.7 Å². The van der Waals surface area contributed by atoms with E-state index < -0.39 is 0 Å². The van der Waals surface area contributed by atoms with Crippen molar-refractivity contribution in [3.63, 3.8) is 0 Å². The lowest BCUT2D eigenvalue weighted by molar-refractivity contribution is -0.00815. The highest BCUT2D eigenvalue weighted by Gasteiger charge is 2.19. The number of pyridine rings is 1. The van der Waals surface area contributed by atoms with E-state index in [9.17, 15) is 4.79 Å². The summed E-state index contributed by atoms with van der Waals surface area (Å²) in [6.07, 6.45) is 1.55. The Bertz CT molecular complexity index is 388. The fraction of sp³-hybridized carbons (Fsp3) is 0.538. The third kappa shape index (κ3) is 4.33. The summed E-state index contributed by atoms with van der Waals surface area (Å²) in [7, 11) is 1.78. The maximum absolute atomic E-state index is 11.9. The minimum Gasteiger partial charge on any atom is -0.374 e. The van der Waals surface area contributed by atoms with Crippen molar-refractivity contribution in [2.45, 2.75) is 26.4 Å². The predicted molar refractivity (Wildman–Crippen MR) is 71.8 cm³/mol. The Morgan fingerprint density at radius 3 is 2.67 bits per heavy atom. The largest absolute Gasteiger partial charge is 0.374 e. The Morgan fingerprint density at radius 2 is 2.17 bits per heavy atom. The normalized spacial score (nSPS) is 11.1. The smallest absolute Gasteiger partial charge is 0.252 e. The zero-order valence-corrected chi connectivity index (χ0v) is 11.4. The third-order valence-electron chi connectivity index (χ3n) is 2.49. The molecule has 1 rings (SSSR count). The molecule has 0 aliphatic heterocycles. The number of anilines is 1. The average Bonchev–Trinajstić information content (AvgIpc) is 2.36. The first-order chi connectivity index (χ1) is 8.48. The molecule has 0 spiro atoms. The molecule has 1 amide bonds. The van der Waals surface area contributed by atoms with Crippen LogP contribution in [0.5, 0.6) is 0 Å². The number of carbonyl (C=O) groups is 1. The van der Waals surface area contributed by atoms with Gasteiger partial charge in [0.1, 0.15) is 5.82 Å². The first-order valence-electron chi connectivity index (χ1n) is 6.04. The highest BCUT2D eigenvalue weighted by Crippen LogP contribution is 2.08. The van der Waals surface area contributed by atoms with Gasteiger partial charge in [-0.2, -0.15) is 0 Å². The second-order valence-corrected chi connectivity index (χ2v) is 4.56. The molecule has 0 atom stereocenters. The SMILES string of the molecule is CCOC(C)(C)CNC(=O)c1ccc(NC)nc1. The molecule has 1 aromatic heterocycles. The van der Waals surface area contributed by atoms with Crippen molar-refractivity contribution in [2.75, 3.05) is 25.5 Å². The third-order valence-corrected chi connectivity index (χ3v) is 2.49. The van der Waals surface area contributed by atoms with Crippen LogP contribution in [0.2, 0.25) is 0 Å². The molecule has 0 fully saturated rings. The first-order valence-corrected chi connectivity index (χ1v) is 6.04. The number of rotatable bonds is 6. The predicted octanol–water partition coefficient (Wildman–Crippen LogP) is 1.67. The molecule has 1 aromatic rings. The molecule has 2 N–H and O–H groups in total. The monoisotopic (exact) mass is 251 g/mol. The van der Waals surface area contributed by atoms with E-state index in [1.165, 1.54) is 0 Å². The van der Waals surface area contributed by atoms with Crippen LogP contribution in [0.15, 0.2) is 18.3 Å². The molecular formula is C13H21N3O2. The van der Waals surface area contributed by atoms with Gasteiger partial charge in [0.15, 0.2) is 0 Å². The van der Waals surface area contributed by atoms with E-state index in [-0.39, 0.29) is 11.5 Å². The van der Waals surface area contributed by atoms with Crippen LogP contribution in [0.25, 0.3) is 0 Å². The second kappa shape index (κ2) is 6.35. The molecule has 0 radical (unpaired) electrons. The molecule has 0 aromatic carbocycles. The van der Waals surface area contributed by atoms with Crippen LogP contribution in [0.1, 0.15) is 31.1 Å². The van der Waals surface area contributed by atoms with Gasteiger partial charge in [-0.25, -0.2) is 4.98 Å². The minimum absolute atomic E-state index is 0.141. The summed E-state index contributed by atoms with van der Waals surface area (Å²) >= 11 is 0. The molecule has 0 aliphatic carbocycles. The van der Waals surface area contributed by atoms with Gasteiger partial charge in [-0.1, -0.05) is 0 Å². The molecule has 0 bridgehead atoms. The van der Waals surface area contributed by atoms with Crippen molar-refractivity contribution >= 4 is 11.7 Å². The van der Waals surface area contributed by atoms with Crippen LogP contribution in [0, 0.1) is 0 Å². The molecule has 5 nitrogen and oxygen atoms in total. The minimum atomic E-state index is -0.358. The van der Waals surface area contributed by atoms with E-state index in [1.807, 2.05) is 20.8 Å². The van der Waals surface area contributed by atoms with E-state index in [0.717, 1.165) is 5.82 Å². The summed E-state index contributed by atoms with van der Waals surface area (Å²) in [5.41, 5.74) is 0.184. The Kier molecular flexibility index (Phi) is 5.09. The summed E-state index contributed by atoms with van der Waals surface area (Å²) in [4.78, 5) is 16.0. The number of nitrogens with zero attached hydrogens (tertiary/aromatic N) is 1. The van der Waals surface area contributed by atoms with Crippen LogP contribution >= 0.6 is 0 Å². The molecule has 0 aliphatic rings. The lowest BCUT2D eigenvalue weighted by atomic mass is 10.1. The number of amides is 1. The van der Waals surface area contributed by atoms with Crippen LogP contribution < -0.4 is 10.6 Å². The summed E-state index contributed by atoms with van der Waals surface area (Å²) in [6.45, 7) is 6.91. The van der Waals surface area contributed by atoms with Crippen LogP contribution in [-0.2, 0) is 4.74 Å². The number of ether oxygens (including phenoxy) is 1. The molecule has 0 unspecified atom stereocenters. The number of aromatic nitrogens is 1. The van der Waals surface area contributed by atoms with Crippen LogP contribution in [0.3, 0.4) is 0 Å². The fourth-order valence-electron chi connectivity index (χ4n) is 1.51. The van der Waals surface area contributed by atoms with Crippen LogP contribution in [0.4, 0.5) is 5.82 Å². The van der Waals surface area contributed by atoms with Gasteiger partial charge in [-0.3, -0.25) is 4.79 Å². The van der Waals surface area contributed by atoms with E-state index in [1.54, 1.807) is 25.4 Å². The van der Waals surface area contributed by atoms with Gasteiger partial charge in [0.25, 0.3) is 5.91 Å². The Labute approximate surface area is 108 Å².